The zero-order valence-corrected chi connectivity index (χ0v) is 15.3. The molecule has 0 bridgehead atoms. The van der Waals surface area contributed by atoms with Gasteiger partial charge in [0, 0.05) is 34.0 Å². The Labute approximate surface area is 159 Å². The molecule has 8 heteroatoms. The number of allylic oxidation sites excluding steroid dienone is 2. The molecular weight excluding hydrogens is 368 g/mol. The van der Waals surface area contributed by atoms with E-state index in [-0.39, 0.29) is 11.5 Å². The standard InChI is InChI=1S/C19H15ClN4O3/c1-10-17(11(2)25)18(13-9-12(24(26)27)7-8-14(13)20)23-16-6-4-3-5-15(16)22-19(23)21-10/h3-9,18H,1-2H3,(H,21,22)/t18-/m0/s1. The van der Waals surface area contributed by atoms with Gasteiger partial charge in [-0.25, -0.2) is 4.98 Å². The van der Waals surface area contributed by atoms with E-state index in [2.05, 4.69) is 10.3 Å². The Hall–Kier alpha value is -3.19. The molecule has 1 N–H and O–H groups in total. The number of carbonyl (C=O) groups excluding carboxylic acids is 1. The van der Waals surface area contributed by atoms with E-state index in [0.717, 1.165) is 11.0 Å². The number of nitrogens with one attached hydrogen (secondary N) is 1. The summed E-state index contributed by atoms with van der Waals surface area (Å²) in [6, 6.07) is 11.2. The van der Waals surface area contributed by atoms with E-state index < -0.39 is 11.0 Å². The second-order valence-corrected chi connectivity index (χ2v) is 6.79. The fraction of sp³-hybridized carbons (Fsp3) is 0.158. The Morgan fingerprint density at radius 2 is 2.04 bits per heavy atom. The minimum atomic E-state index is -0.612. The maximum Gasteiger partial charge on any atom is 0.269 e. The number of carbonyl (C=O) groups is 1. The van der Waals surface area contributed by atoms with E-state index in [1.807, 2.05) is 28.8 Å². The molecule has 1 aliphatic heterocycles. The molecule has 2 heterocycles. The molecule has 0 fully saturated rings. The summed E-state index contributed by atoms with van der Waals surface area (Å²) >= 11 is 6.43. The molecular formula is C19H15ClN4O3. The van der Waals surface area contributed by atoms with Crippen molar-refractivity contribution in [2.75, 3.05) is 5.32 Å². The predicted molar refractivity (Wildman–Crippen MR) is 103 cm³/mol. The highest BCUT2D eigenvalue weighted by molar-refractivity contribution is 6.31. The van der Waals surface area contributed by atoms with Crippen LogP contribution < -0.4 is 5.32 Å². The van der Waals surface area contributed by atoms with Gasteiger partial charge in [0.05, 0.1) is 22.0 Å². The van der Waals surface area contributed by atoms with Gasteiger partial charge in [0.15, 0.2) is 5.78 Å². The third-order valence-corrected chi connectivity index (χ3v) is 5.04. The van der Waals surface area contributed by atoms with Crippen LogP contribution >= 0.6 is 11.6 Å². The number of ketones is 1. The Bertz CT molecular complexity index is 1150. The van der Waals surface area contributed by atoms with E-state index in [0.29, 0.717) is 27.8 Å². The van der Waals surface area contributed by atoms with Crippen molar-refractivity contribution in [1.82, 2.24) is 9.55 Å². The first-order chi connectivity index (χ1) is 12.9. The lowest BCUT2D eigenvalue weighted by molar-refractivity contribution is -0.384. The van der Waals surface area contributed by atoms with Gasteiger partial charge in [0.1, 0.15) is 0 Å². The van der Waals surface area contributed by atoms with Gasteiger partial charge < -0.3 is 5.32 Å². The highest BCUT2D eigenvalue weighted by Gasteiger charge is 2.34. The predicted octanol–water partition coefficient (Wildman–Crippen LogP) is 4.48. The zero-order chi connectivity index (χ0) is 19.3. The lowest BCUT2D eigenvalue weighted by atomic mass is 9.92. The largest absolute Gasteiger partial charge is 0.329 e. The topological polar surface area (TPSA) is 90.1 Å². The van der Waals surface area contributed by atoms with Crippen LogP contribution in [0, 0.1) is 10.1 Å². The summed E-state index contributed by atoms with van der Waals surface area (Å²) in [5, 5.41) is 14.8. The molecule has 1 atom stereocenters. The number of hydrogen-bond acceptors (Lipinski definition) is 5. The van der Waals surface area contributed by atoms with Gasteiger partial charge in [-0.15, -0.1) is 0 Å². The van der Waals surface area contributed by atoms with Crippen molar-refractivity contribution in [2.45, 2.75) is 19.9 Å². The molecule has 2 aromatic carbocycles. The molecule has 0 radical (unpaired) electrons. The lowest BCUT2D eigenvalue weighted by Gasteiger charge is -2.30. The Balaban J connectivity index is 2.07. The normalized spacial score (nSPS) is 16.2. The summed E-state index contributed by atoms with van der Waals surface area (Å²) in [5.41, 5.74) is 3.11. The van der Waals surface area contributed by atoms with Crippen LogP contribution in [0.5, 0.6) is 0 Å². The zero-order valence-electron chi connectivity index (χ0n) is 14.6. The van der Waals surface area contributed by atoms with Crippen LogP contribution in [0.2, 0.25) is 5.02 Å². The van der Waals surface area contributed by atoms with Crippen molar-refractivity contribution in [3.05, 3.63) is 74.4 Å². The van der Waals surface area contributed by atoms with E-state index in [4.69, 9.17) is 11.6 Å². The molecule has 1 aromatic heterocycles. The summed E-state index contributed by atoms with van der Waals surface area (Å²) in [6.45, 7) is 3.26. The van der Waals surface area contributed by atoms with Crippen LogP contribution in [0.15, 0.2) is 53.7 Å². The van der Waals surface area contributed by atoms with Crippen LogP contribution in [0.25, 0.3) is 11.0 Å². The highest BCUT2D eigenvalue weighted by atomic mass is 35.5. The fourth-order valence-electron chi connectivity index (χ4n) is 3.57. The van der Waals surface area contributed by atoms with Crippen molar-refractivity contribution in [3.63, 3.8) is 0 Å². The molecule has 27 heavy (non-hydrogen) atoms. The number of benzene rings is 2. The van der Waals surface area contributed by atoms with Crippen LogP contribution in [0.1, 0.15) is 25.5 Å². The molecule has 7 nitrogen and oxygen atoms in total. The van der Waals surface area contributed by atoms with Crippen molar-refractivity contribution in [2.24, 2.45) is 0 Å². The van der Waals surface area contributed by atoms with Crippen LogP contribution in [0.4, 0.5) is 11.6 Å². The first-order valence-corrected chi connectivity index (χ1v) is 8.66. The third kappa shape index (κ3) is 2.67. The first kappa shape index (κ1) is 17.2. The molecule has 0 spiro atoms. The number of rotatable bonds is 3. The summed E-state index contributed by atoms with van der Waals surface area (Å²) in [5.74, 6) is 0.419. The monoisotopic (exact) mass is 382 g/mol. The van der Waals surface area contributed by atoms with Crippen LogP contribution in [-0.4, -0.2) is 20.3 Å². The van der Waals surface area contributed by atoms with Gasteiger partial charge >= 0.3 is 0 Å². The Morgan fingerprint density at radius 1 is 1.30 bits per heavy atom. The van der Waals surface area contributed by atoms with Gasteiger partial charge in [-0.05, 0) is 32.0 Å². The molecule has 0 aliphatic carbocycles. The highest BCUT2D eigenvalue weighted by Crippen LogP contribution is 2.42. The van der Waals surface area contributed by atoms with Gasteiger partial charge in [0.2, 0.25) is 5.95 Å². The lowest BCUT2D eigenvalue weighted by Crippen LogP contribution is -2.27. The van der Waals surface area contributed by atoms with Crippen molar-refractivity contribution in [1.29, 1.82) is 0 Å². The minimum Gasteiger partial charge on any atom is -0.329 e. The third-order valence-electron chi connectivity index (χ3n) is 4.70. The Morgan fingerprint density at radius 3 is 2.74 bits per heavy atom. The maximum absolute atomic E-state index is 12.5. The molecule has 0 saturated carbocycles. The van der Waals surface area contributed by atoms with Gasteiger partial charge in [-0.1, -0.05) is 23.7 Å². The number of fused-ring (bicyclic) bond motifs is 3. The molecule has 1 aliphatic rings. The van der Waals surface area contributed by atoms with Crippen molar-refractivity contribution >= 4 is 40.1 Å². The van der Waals surface area contributed by atoms with Gasteiger partial charge in [-0.2, -0.15) is 0 Å². The average Bonchev–Trinajstić information content (AvgIpc) is 2.98. The number of imidazole rings is 1. The summed E-state index contributed by atoms with van der Waals surface area (Å²) < 4.78 is 1.87. The van der Waals surface area contributed by atoms with Crippen molar-refractivity contribution in [3.8, 4) is 0 Å². The van der Waals surface area contributed by atoms with Crippen LogP contribution in [-0.2, 0) is 4.79 Å². The number of nitrogens with zero attached hydrogens (tertiary/aromatic N) is 3. The number of nitro groups is 1. The molecule has 0 saturated heterocycles. The molecule has 0 unspecified atom stereocenters. The van der Waals surface area contributed by atoms with E-state index in [9.17, 15) is 14.9 Å². The molecule has 4 rings (SSSR count). The van der Waals surface area contributed by atoms with Crippen molar-refractivity contribution < 1.29 is 9.72 Å². The Kier molecular flexibility index (Phi) is 3.96. The molecule has 136 valence electrons. The van der Waals surface area contributed by atoms with Crippen LogP contribution in [0.3, 0.4) is 0 Å². The smallest absolute Gasteiger partial charge is 0.269 e. The van der Waals surface area contributed by atoms with Gasteiger partial charge in [0.25, 0.3) is 5.69 Å². The van der Waals surface area contributed by atoms with E-state index >= 15 is 0 Å². The fourth-order valence-corrected chi connectivity index (χ4v) is 3.79. The van der Waals surface area contributed by atoms with Gasteiger partial charge in [-0.3, -0.25) is 19.5 Å². The number of halogens is 1. The minimum absolute atomic E-state index is 0.0838. The second-order valence-electron chi connectivity index (χ2n) is 6.38. The molecule has 0 amide bonds. The SMILES string of the molecule is CC(=O)C1=C(C)Nc2nc3ccccc3n2[C@H]1c1cc([N+](=O)[O-])ccc1Cl. The first-order valence-electron chi connectivity index (χ1n) is 8.28. The molecule has 3 aromatic rings. The van der Waals surface area contributed by atoms with E-state index in [1.54, 1.807) is 6.92 Å². The number of nitro benzene ring substituents is 1. The summed E-state index contributed by atoms with van der Waals surface area (Å²) in [4.78, 5) is 27.9. The van der Waals surface area contributed by atoms with E-state index in [1.165, 1.54) is 25.1 Å². The quantitative estimate of drug-likeness (QED) is 0.533. The summed E-state index contributed by atoms with van der Waals surface area (Å²) in [7, 11) is 0. The number of Topliss-reactive ketones (excluding diaryl/α,β-unsaturated/α-hetero) is 1. The second kappa shape index (κ2) is 6.21. The number of anilines is 1. The summed E-state index contributed by atoms with van der Waals surface area (Å²) in [6.07, 6.45) is 0. The average molecular weight is 383 g/mol. The maximum atomic E-state index is 12.5. The number of non-ortho nitro benzene ring substituents is 1. The number of aromatic nitrogens is 2. The number of hydrogen-bond donors (Lipinski definition) is 1. The number of para-hydroxylation sites is 2.